The average molecular weight is 439 g/mol. The summed E-state index contributed by atoms with van der Waals surface area (Å²) in [5, 5.41) is 4.14. The van der Waals surface area contributed by atoms with Gasteiger partial charge in [0.25, 0.3) is 21.8 Å². The minimum absolute atomic E-state index is 0.0218. The molecule has 3 amide bonds. The third kappa shape index (κ3) is 6.03. The molecule has 1 heterocycles. The zero-order valence-electron chi connectivity index (χ0n) is 16.1. The molecule has 156 valence electrons. The number of sulfonamides is 1. The lowest BCUT2D eigenvalue weighted by Crippen LogP contribution is -2.54. The highest BCUT2D eigenvalue weighted by molar-refractivity contribution is 7.94. The molecule has 2 aromatic rings. The number of hydrogen-bond donors (Lipinski definition) is 4. The second kappa shape index (κ2) is 9.52. The average Bonchev–Trinajstić information content (AvgIpc) is 3.19. The van der Waals surface area contributed by atoms with E-state index >= 15 is 0 Å². The van der Waals surface area contributed by atoms with Gasteiger partial charge in [0, 0.05) is 6.92 Å². The van der Waals surface area contributed by atoms with E-state index in [0.717, 1.165) is 11.3 Å². The van der Waals surface area contributed by atoms with Gasteiger partial charge in [0.15, 0.2) is 0 Å². The van der Waals surface area contributed by atoms with Crippen LogP contribution < -0.4 is 20.9 Å². The Bertz CT molecular complexity index is 987. The van der Waals surface area contributed by atoms with Gasteiger partial charge in [-0.05, 0) is 29.5 Å². The number of carbonyl (C=O) groups excluding carboxylic acids is 3. The van der Waals surface area contributed by atoms with Crippen LogP contribution in [-0.4, -0.2) is 32.2 Å². The van der Waals surface area contributed by atoms with E-state index in [-0.39, 0.29) is 27.3 Å². The fourth-order valence-electron chi connectivity index (χ4n) is 2.40. The Morgan fingerprint density at radius 1 is 1.00 bits per heavy atom. The fraction of sp³-hybridized carbons (Fsp3) is 0.278. The second-order valence-corrected chi connectivity index (χ2v) is 9.31. The van der Waals surface area contributed by atoms with Crippen molar-refractivity contribution in [2.75, 3.05) is 4.72 Å². The number of benzene rings is 1. The first-order valence-electron chi connectivity index (χ1n) is 8.64. The zero-order valence-corrected chi connectivity index (χ0v) is 17.7. The third-order valence-corrected chi connectivity index (χ3v) is 6.55. The number of rotatable bonds is 7. The van der Waals surface area contributed by atoms with Crippen molar-refractivity contribution in [3.63, 3.8) is 0 Å². The molecule has 0 saturated heterocycles. The first-order chi connectivity index (χ1) is 13.6. The number of nitrogens with one attached hydrogen (secondary N) is 4. The normalized spacial score (nSPS) is 12.1. The van der Waals surface area contributed by atoms with Crippen molar-refractivity contribution in [3.05, 3.63) is 47.3 Å². The van der Waals surface area contributed by atoms with Crippen LogP contribution in [0.4, 0.5) is 5.69 Å². The van der Waals surface area contributed by atoms with Gasteiger partial charge in [-0.1, -0.05) is 32.0 Å². The predicted octanol–water partition coefficient (Wildman–Crippen LogP) is 1.47. The summed E-state index contributed by atoms with van der Waals surface area (Å²) in [4.78, 5) is 36.0. The summed E-state index contributed by atoms with van der Waals surface area (Å²) in [6.45, 7) is 4.78. The summed E-state index contributed by atoms with van der Waals surface area (Å²) in [5.74, 6) is -1.90. The SMILES string of the molecule is CC(=O)NC(C(=O)NNC(=O)c1ccccc1NS(=O)(=O)c1cccs1)C(C)C. The number of amides is 3. The summed E-state index contributed by atoms with van der Waals surface area (Å²) in [6, 6.07) is 8.22. The minimum atomic E-state index is -3.84. The van der Waals surface area contributed by atoms with Crippen LogP contribution in [0.1, 0.15) is 31.1 Å². The zero-order chi connectivity index (χ0) is 21.6. The van der Waals surface area contributed by atoms with Gasteiger partial charge in [-0.3, -0.25) is 30.0 Å². The van der Waals surface area contributed by atoms with Gasteiger partial charge in [0.2, 0.25) is 5.91 Å². The van der Waals surface area contributed by atoms with Gasteiger partial charge >= 0.3 is 0 Å². The summed E-state index contributed by atoms with van der Waals surface area (Å²) < 4.78 is 27.3. The minimum Gasteiger partial charge on any atom is -0.344 e. The van der Waals surface area contributed by atoms with Crippen molar-refractivity contribution in [1.82, 2.24) is 16.2 Å². The van der Waals surface area contributed by atoms with Crippen molar-refractivity contribution in [2.45, 2.75) is 31.0 Å². The van der Waals surface area contributed by atoms with Crippen molar-refractivity contribution < 1.29 is 22.8 Å². The highest BCUT2D eigenvalue weighted by Crippen LogP contribution is 2.22. The Morgan fingerprint density at radius 3 is 2.28 bits per heavy atom. The van der Waals surface area contributed by atoms with Crippen molar-refractivity contribution in [1.29, 1.82) is 0 Å². The van der Waals surface area contributed by atoms with E-state index in [0.29, 0.717) is 0 Å². The number of anilines is 1. The van der Waals surface area contributed by atoms with Crippen LogP contribution >= 0.6 is 11.3 Å². The molecule has 0 fully saturated rings. The van der Waals surface area contributed by atoms with Crippen LogP contribution in [-0.2, 0) is 19.6 Å². The molecule has 0 saturated carbocycles. The Morgan fingerprint density at radius 2 is 1.69 bits per heavy atom. The van der Waals surface area contributed by atoms with Crippen molar-refractivity contribution in [2.24, 2.45) is 5.92 Å². The van der Waals surface area contributed by atoms with E-state index in [9.17, 15) is 22.8 Å². The van der Waals surface area contributed by atoms with Crippen LogP contribution in [0.5, 0.6) is 0 Å². The molecular weight excluding hydrogens is 416 g/mol. The highest BCUT2D eigenvalue weighted by Gasteiger charge is 2.24. The summed E-state index contributed by atoms with van der Waals surface area (Å²) >= 11 is 1.05. The highest BCUT2D eigenvalue weighted by atomic mass is 32.2. The van der Waals surface area contributed by atoms with Gasteiger partial charge in [-0.25, -0.2) is 8.42 Å². The first-order valence-corrected chi connectivity index (χ1v) is 11.0. The summed E-state index contributed by atoms with van der Waals surface area (Å²) in [6.07, 6.45) is 0. The molecule has 1 aromatic carbocycles. The molecule has 0 bridgehead atoms. The van der Waals surface area contributed by atoms with Gasteiger partial charge in [0.1, 0.15) is 10.3 Å². The third-order valence-electron chi connectivity index (χ3n) is 3.78. The topological polar surface area (TPSA) is 133 Å². The lowest BCUT2D eigenvalue weighted by molar-refractivity contribution is -0.129. The molecule has 1 unspecified atom stereocenters. The monoisotopic (exact) mass is 438 g/mol. The Balaban J connectivity index is 2.12. The molecule has 0 radical (unpaired) electrons. The molecule has 2 rings (SSSR count). The smallest absolute Gasteiger partial charge is 0.271 e. The summed E-state index contributed by atoms with van der Waals surface area (Å²) in [7, 11) is -3.84. The van der Waals surface area contributed by atoms with Crippen LogP contribution in [0.15, 0.2) is 46.0 Å². The van der Waals surface area contributed by atoms with Gasteiger partial charge in [0.05, 0.1) is 11.3 Å². The number of thiophene rings is 1. The maximum absolute atomic E-state index is 12.5. The van der Waals surface area contributed by atoms with Gasteiger partial charge in [-0.15, -0.1) is 11.3 Å². The lowest BCUT2D eigenvalue weighted by atomic mass is 10.0. The quantitative estimate of drug-likeness (QED) is 0.486. The van der Waals surface area contributed by atoms with E-state index in [1.54, 1.807) is 37.4 Å². The predicted molar refractivity (Wildman–Crippen MR) is 110 cm³/mol. The molecule has 0 spiro atoms. The maximum atomic E-state index is 12.5. The van der Waals surface area contributed by atoms with Crippen LogP contribution in [0.25, 0.3) is 0 Å². The van der Waals surface area contributed by atoms with Crippen molar-refractivity contribution in [3.8, 4) is 0 Å². The molecule has 0 aliphatic carbocycles. The first kappa shape index (κ1) is 22.4. The maximum Gasteiger partial charge on any atom is 0.271 e. The van der Waals surface area contributed by atoms with E-state index < -0.39 is 27.9 Å². The Hall–Kier alpha value is -2.92. The molecule has 4 N–H and O–H groups in total. The largest absolute Gasteiger partial charge is 0.344 e. The molecule has 11 heteroatoms. The van der Waals surface area contributed by atoms with Gasteiger partial charge in [-0.2, -0.15) is 0 Å². The van der Waals surface area contributed by atoms with Crippen LogP contribution in [0, 0.1) is 5.92 Å². The van der Waals surface area contributed by atoms with E-state index in [1.807, 2.05) is 0 Å². The Labute approximate surface area is 172 Å². The second-order valence-electron chi connectivity index (χ2n) is 6.45. The molecule has 1 aromatic heterocycles. The lowest BCUT2D eigenvalue weighted by Gasteiger charge is -2.21. The van der Waals surface area contributed by atoms with E-state index in [1.165, 1.54) is 25.1 Å². The number of hydrazine groups is 1. The number of hydrogen-bond acceptors (Lipinski definition) is 6. The van der Waals surface area contributed by atoms with Gasteiger partial charge < -0.3 is 5.32 Å². The van der Waals surface area contributed by atoms with E-state index in [2.05, 4.69) is 20.9 Å². The molecule has 29 heavy (non-hydrogen) atoms. The number of para-hydroxylation sites is 1. The summed E-state index contributed by atoms with van der Waals surface area (Å²) in [5.41, 5.74) is 4.59. The van der Waals surface area contributed by atoms with Crippen LogP contribution in [0.2, 0.25) is 0 Å². The molecule has 9 nitrogen and oxygen atoms in total. The molecule has 1 atom stereocenters. The molecular formula is C18H22N4O5S2. The van der Waals surface area contributed by atoms with Crippen molar-refractivity contribution >= 4 is 44.8 Å². The fourth-order valence-corrected chi connectivity index (χ4v) is 4.47. The molecule has 0 aliphatic rings. The Kier molecular flexibility index (Phi) is 7.35. The van der Waals surface area contributed by atoms with E-state index in [4.69, 9.17) is 0 Å². The molecule has 0 aliphatic heterocycles. The standard InChI is InChI=1S/C18H22N4O5S2/c1-11(2)16(19-12(3)23)18(25)21-20-17(24)13-7-4-5-8-14(13)22-29(26,27)15-9-6-10-28-15/h4-11,16,22H,1-3H3,(H,19,23)(H,20,24)(H,21,25). The number of carbonyl (C=O) groups is 3. The van der Waals surface area contributed by atoms with Crippen LogP contribution in [0.3, 0.4) is 0 Å².